The van der Waals surface area contributed by atoms with E-state index in [0.29, 0.717) is 18.9 Å². The first-order valence-corrected chi connectivity index (χ1v) is 10.9. The van der Waals surface area contributed by atoms with E-state index in [1.165, 1.54) is 5.56 Å². The van der Waals surface area contributed by atoms with Crippen LogP contribution in [0.2, 0.25) is 0 Å². The fourth-order valence-electron chi connectivity index (χ4n) is 3.59. The van der Waals surface area contributed by atoms with Crippen LogP contribution in [0, 0.1) is 5.92 Å². The monoisotopic (exact) mass is 480 g/mol. The smallest absolute Gasteiger partial charge is 0.252 e. The maximum Gasteiger partial charge on any atom is 0.252 e. The lowest BCUT2D eigenvalue weighted by Crippen LogP contribution is -2.34. The first-order valence-electron chi connectivity index (χ1n) is 10.1. The molecule has 1 fully saturated rings. The van der Waals surface area contributed by atoms with E-state index in [2.05, 4.69) is 49.9 Å². The lowest BCUT2D eigenvalue weighted by Gasteiger charge is -2.32. The van der Waals surface area contributed by atoms with Gasteiger partial charge in [0.15, 0.2) is 0 Å². The molecule has 1 unspecified atom stereocenters. The minimum absolute atomic E-state index is 0.0521. The summed E-state index contributed by atoms with van der Waals surface area (Å²) in [5.74, 6) is -2.80. The summed E-state index contributed by atoms with van der Waals surface area (Å²) in [6.07, 6.45) is 5.75. The molecular formula is C22H27BrF2N4O. The van der Waals surface area contributed by atoms with E-state index >= 15 is 0 Å². The maximum absolute atomic E-state index is 13.3. The molecule has 1 saturated carbocycles. The predicted molar refractivity (Wildman–Crippen MR) is 120 cm³/mol. The standard InChI is InChI=1S/C22H27BrF2N4O/c1-26-27-21(14-18-15-22(18,24)25)29-11-9-20(19(23)16-29)28(12-13-30)10-5-8-17-6-3-2-4-7-17/h2-4,6-7,9,11,18,30H,1,5,8,10,12-16H2/b27-21-. The zero-order valence-corrected chi connectivity index (χ0v) is 18.4. The lowest BCUT2D eigenvalue weighted by atomic mass is 10.1. The van der Waals surface area contributed by atoms with E-state index in [1.807, 2.05) is 35.4 Å². The first kappa shape index (κ1) is 22.6. The van der Waals surface area contributed by atoms with Crippen LogP contribution >= 0.6 is 15.9 Å². The molecule has 1 aromatic carbocycles. The van der Waals surface area contributed by atoms with Crippen molar-refractivity contribution in [3.63, 3.8) is 0 Å². The summed E-state index contributed by atoms with van der Waals surface area (Å²) in [5, 5.41) is 17.1. The minimum Gasteiger partial charge on any atom is -0.395 e. The molecule has 0 aromatic heterocycles. The van der Waals surface area contributed by atoms with E-state index in [1.54, 1.807) is 0 Å². The number of allylic oxidation sites excluding steroid dienone is 1. The Bertz CT molecular complexity index is 826. The molecule has 0 saturated heterocycles. The molecule has 1 heterocycles. The van der Waals surface area contributed by atoms with E-state index < -0.39 is 11.8 Å². The van der Waals surface area contributed by atoms with Gasteiger partial charge in [-0.1, -0.05) is 46.3 Å². The highest BCUT2D eigenvalue weighted by molar-refractivity contribution is 9.11. The van der Waals surface area contributed by atoms with Gasteiger partial charge in [0.25, 0.3) is 5.92 Å². The molecule has 1 atom stereocenters. The van der Waals surface area contributed by atoms with E-state index in [9.17, 15) is 13.9 Å². The average Bonchev–Trinajstić information content (AvgIpc) is 3.33. The predicted octanol–water partition coefficient (Wildman–Crippen LogP) is 4.41. The molecule has 0 amide bonds. The quantitative estimate of drug-likeness (QED) is 0.306. The molecule has 0 bridgehead atoms. The van der Waals surface area contributed by atoms with Crippen molar-refractivity contribution in [3.8, 4) is 0 Å². The summed E-state index contributed by atoms with van der Waals surface area (Å²) >= 11 is 3.64. The molecule has 162 valence electrons. The van der Waals surface area contributed by atoms with Crippen LogP contribution in [-0.2, 0) is 6.42 Å². The van der Waals surface area contributed by atoms with Crippen molar-refractivity contribution >= 4 is 28.5 Å². The SMILES string of the molecule is C=N/N=C(/CC1CC1(F)F)N1C=CC(N(CCO)CCCc2ccccc2)=C(Br)C1. The zero-order valence-electron chi connectivity index (χ0n) is 16.9. The summed E-state index contributed by atoms with van der Waals surface area (Å²) < 4.78 is 27.6. The second-order valence-corrected chi connectivity index (χ2v) is 8.51. The Labute approximate surface area is 184 Å². The third-order valence-electron chi connectivity index (χ3n) is 5.35. The Hall–Kier alpha value is -2.06. The van der Waals surface area contributed by atoms with Crippen molar-refractivity contribution in [2.45, 2.75) is 31.6 Å². The lowest BCUT2D eigenvalue weighted by molar-refractivity contribution is 0.0998. The molecule has 0 radical (unpaired) electrons. The van der Waals surface area contributed by atoms with Crippen molar-refractivity contribution in [1.29, 1.82) is 0 Å². The molecule has 5 nitrogen and oxygen atoms in total. The molecule has 2 aliphatic rings. The summed E-state index contributed by atoms with van der Waals surface area (Å²) in [5.41, 5.74) is 2.27. The fraction of sp³-hybridized carbons (Fsp3) is 0.455. The van der Waals surface area contributed by atoms with Gasteiger partial charge in [-0.15, -0.1) is 5.10 Å². The maximum atomic E-state index is 13.3. The second kappa shape index (κ2) is 10.3. The van der Waals surface area contributed by atoms with Gasteiger partial charge in [0.1, 0.15) is 5.84 Å². The van der Waals surface area contributed by atoms with E-state index in [-0.39, 0.29) is 19.4 Å². The third kappa shape index (κ3) is 5.98. The molecule has 3 rings (SSSR count). The molecular weight excluding hydrogens is 454 g/mol. The molecule has 0 spiro atoms. The van der Waals surface area contributed by atoms with Crippen LogP contribution in [0.15, 0.2) is 63.0 Å². The first-order chi connectivity index (χ1) is 14.4. The van der Waals surface area contributed by atoms with Gasteiger partial charge in [0.2, 0.25) is 0 Å². The molecule has 1 aliphatic heterocycles. The summed E-state index contributed by atoms with van der Waals surface area (Å²) in [4.78, 5) is 3.95. The Morgan fingerprint density at radius 2 is 2.03 bits per heavy atom. The van der Waals surface area contributed by atoms with Gasteiger partial charge in [-0.3, -0.25) is 0 Å². The highest BCUT2D eigenvalue weighted by Gasteiger charge is 2.57. The number of aryl methyl sites for hydroxylation is 1. The number of aliphatic hydroxyl groups excluding tert-OH is 1. The highest BCUT2D eigenvalue weighted by Crippen LogP contribution is 2.51. The van der Waals surface area contributed by atoms with Crippen molar-refractivity contribution in [2.75, 3.05) is 26.2 Å². The van der Waals surface area contributed by atoms with E-state index in [0.717, 1.165) is 29.6 Å². The Kier molecular flexibility index (Phi) is 7.77. The Morgan fingerprint density at radius 1 is 1.30 bits per heavy atom. The number of aliphatic hydroxyl groups is 1. The largest absolute Gasteiger partial charge is 0.395 e. The van der Waals surface area contributed by atoms with Crippen molar-refractivity contribution in [1.82, 2.24) is 9.80 Å². The topological polar surface area (TPSA) is 51.4 Å². The Balaban J connectivity index is 1.62. The van der Waals surface area contributed by atoms with Gasteiger partial charge in [-0.05, 0) is 24.5 Å². The fourth-order valence-corrected chi connectivity index (χ4v) is 4.24. The third-order valence-corrected chi connectivity index (χ3v) is 6.01. The highest BCUT2D eigenvalue weighted by atomic mass is 79.9. The van der Waals surface area contributed by atoms with Crippen LogP contribution in [0.4, 0.5) is 8.78 Å². The van der Waals surface area contributed by atoms with Crippen molar-refractivity contribution in [2.24, 2.45) is 16.1 Å². The van der Waals surface area contributed by atoms with Crippen molar-refractivity contribution in [3.05, 3.63) is 58.4 Å². The van der Waals surface area contributed by atoms with Gasteiger partial charge in [-0.2, -0.15) is 5.10 Å². The minimum atomic E-state index is -2.60. The van der Waals surface area contributed by atoms with Crippen LogP contribution in [0.3, 0.4) is 0 Å². The number of rotatable bonds is 10. The van der Waals surface area contributed by atoms with Gasteiger partial charge < -0.3 is 14.9 Å². The number of hydrogen-bond donors (Lipinski definition) is 1. The van der Waals surface area contributed by atoms with Crippen LogP contribution in [0.25, 0.3) is 0 Å². The second-order valence-electron chi connectivity index (χ2n) is 7.56. The van der Waals surface area contributed by atoms with Crippen molar-refractivity contribution < 1.29 is 13.9 Å². The summed E-state index contributed by atoms with van der Waals surface area (Å²) in [6, 6.07) is 10.3. The van der Waals surface area contributed by atoms with Gasteiger partial charge in [-0.25, -0.2) is 8.78 Å². The van der Waals surface area contributed by atoms with E-state index in [4.69, 9.17) is 0 Å². The number of amidine groups is 1. The van der Waals surface area contributed by atoms with Gasteiger partial charge in [0.05, 0.1) is 18.8 Å². The molecule has 1 N–H and O–H groups in total. The molecule has 1 aromatic rings. The number of benzene rings is 1. The van der Waals surface area contributed by atoms with Crippen LogP contribution in [-0.4, -0.2) is 59.6 Å². The average molecular weight is 481 g/mol. The Morgan fingerprint density at radius 3 is 2.63 bits per heavy atom. The zero-order chi connectivity index (χ0) is 21.6. The number of hydrogen-bond acceptors (Lipinski definition) is 4. The normalized spacial score (nSPS) is 20.5. The summed E-state index contributed by atoms with van der Waals surface area (Å²) in [7, 11) is 0. The summed E-state index contributed by atoms with van der Waals surface area (Å²) in [6.45, 7) is 5.21. The van der Waals surface area contributed by atoms with Crippen LogP contribution < -0.4 is 0 Å². The number of halogens is 3. The molecule has 30 heavy (non-hydrogen) atoms. The van der Waals surface area contributed by atoms with Gasteiger partial charge in [0, 0.05) is 49.2 Å². The van der Waals surface area contributed by atoms with Crippen LogP contribution in [0.5, 0.6) is 0 Å². The molecule has 1 aliphatic carbocycles. The number of nitrogens with zero attached hydrogens (tertiary/aromatic N) is 4. The molecule has 8 heteroatoms. The number of alkyl halides is 2. The van der Waals surface area contributed by atoms with Gasteiger partial charge >= 0.3 is 0 Å². The van der Waals surface area contributed by atoms with Crippen LogP contribution in [0.1, 0.15) is 24.8 Å².